The Morgan fingerprint density at radius 2 is 1.79 bits per heavy atom. The molecule has 1 unspecified atom stereocenters. The van der Waals surface area contributed by atoms with E-state index in [0.717, 1.165) is 37.1 Å². The molecule has 1 atom stereocenters. The van der Waals surface area contributed by atoms with E-state index in [2.05, 4.69) is 34.1 Å². The molecule has 2 aromatic carbocycles. The maximum absolute atomic E-state index is 12.3. The molecule has 3 N–H and O–H groups in total. The predicted molar refractivity (Wildman–Crippen MR) is 113 cm³/mol. The topological polar surface area (TPSA) is 70.2 Å². The first-order valence-electron chi connectivity index (χ1n) is 9.67. The zero-order valence-corrected chi connectivity index (χ0v) is 16.6. The molecule has 1 aliphatic heterocycles. The lowest BCUT2D eigenvalue weighted by molar-refractivity contribution is -0.120. The van der Waals surface area contributed by atoms with Crippen LogP contribution in [0.15, 0.2) is 48.5 Å². The van der Waals surface area contributed by atoms with E-state index in [1.807, 2.05) is 30.3 Å². The summed E-state index contributed by atoms with van der Waals surface area (Å²) >= 11 is 0. The number of rotatable bonds is 6. The number of halogens is 1. The maximum Gasteiger partial charge on any atom is 0.227 e. The van der Waals surface area contributed by atoms with Gasteiger partial charge in [0.15, 0.2) is 0 Å². The molecule has 0 saturated heterocycles. The predicted octanol–water partition coefficient (Wildman–Crippen LogP) is 3.00. The number of carbonyl (C=O) groups is 2. The summed E-state index contributed by atoms with van der Waals surface area (Å²) in [5, 5.41) is 9.43. The van der Waals surface area contributed by atoms with Gasteiger partial charge in [-0.1, -0.05) is 36.4 Å². The lowest BCUT2D eigenvalue weighted by Gasteiger charge is -2.27. The van der Waals surface area contributed by atoms with Crippen molar-refractivity contribution in [2.45, 2.75) is 31.7 Å². The molecule has 1 aliphatic carbocycles. The number of anilines is 1. The number of hydrogen-bond acceptors (Lipinski definition) is 3. The van der Waals surface area contributed by atoms with Crippen LogP contribution in [0.3, 0.4) is 0 Å². The highest BCUT2D eigenvalue weighted by atomic mass is 35.5. The van der Waals surface area contributed by atoms with Crippen LogP contribution in [0.4, 0.5) is 5.69 Å². The molecule has 6 heteroatoms. The zero-order chi connectivity index (χ0) is 18.6. The van der Waals surface area contributed by atoms with Gasteiger partial charge in [-0.3, -0.25) is 9.59 Å². The molecule has 148 valence electrons. The largest absolute Gasteiger partial charge is 0.354 e. The minimum absolute atomic E-state index is 0. The van der Waals surface area contributed by atoms with Crippen molar-refractivity contribution in [3.8, 4) is 0 Å². The molecule has 28 heavy (non-hydrogen) atoms. The third-order valence-electron chi connectivity index (χ3n) is 5.25. The van der Waals surface area contributed by atoms with Gasteiger partial charge in [0, 0.05) is 24.2 Å². The van der Waals surface area contributed by atoms with E-state index < -0.39 is 0 Å². The first-order chi connectivity index (χ1) is 13.2. The van der Waals surface area contributed by atoms with Gasteiger partial charge in [-0.05, 0) is 54.6 Å². The highest BCUT2D eigenvalue weighted by molar-refractivity contribution is 5.94. The second-order valence-electron chi connectivity index (χ2n) is 7.40. The molecule has 2 aliphatic rings. The van der Waals surface area contributed by atoms with Crippen LogP contribution in [-0.4, -0.2) is 24.9 Å². The highest BCUT2D eigenvalue weighted by Gasteiger charge is 2.29. The summed E-state index contributed by atoms with van der Waals surface area (Å²) in [7, 11) is 0. The quantitative estimate of drug-likeness (QED) is 0.699. The van der Waals surface area contributed by atoms with Crippen LogP contribution >= 0.6 is 12.4 Å². The molecular formula is C22H26ClN3O2. The Morgan fingerprint density at radius 3 is 2.54 bits per heavy atom. The Bertz CT molecular complexity index is 834. The normalized spacial score (nSPS) is 17.8. The van der Waals surface area contributed by atoms with Gasteiger partial charge in [-0.2, -0.15) is 0 Å². The SMILES string of the molecule is Cl.O=C(Cc1ccc(NC(=O)C2CC2)cc1)NCC1NCCc2ccccc21. The standard InChI is InChI=1S/C22H25N3O2.ClH/c26-21(24-14-20-19-4-2-1-3-16(19)11-12-23-20)13-15-5-9-18(10-6-15)25-22(27)17-7-8-17;/h1-6,9-10,17,20,23H,7-8,11-14H2,(H,24,26)(H,25,27);1H. The van der Waals surface area contributed by atoms with Crippen LogP contribution in [0, 0.1) is 5.92 Å². The number of nitrogens with one attached hydrogen (secondary N) is 3. The van der Waals surface area contributed by atoms with E-state index in [4.69, 9.17) is 0 Å². The maximum atomic E-state index is 12.3. The Kier molecular flexibility index (Phi) is 6.70. The fourth-order valence-electron chi connectivity index (χ4n) is 3.53. The van der Waals surface area contributed by atoms with Crippen LogP contribution in [-0.2, 0) is 22.4 Å². The summed E-state index contributed by atoms with van der Waals surface area (Å²) in [6, 6.07) is 16.1. The van der Waals surface area contributed by atoms with Crippen molar-refractivity contribution in [2.75, 3.05) is 18.4 Å². The summed E-state index contributed by atoms with van der Waals surface area (Å²) in [6.45, 7) is 1.52. The zero-order valence-electron chi connectivity index (χ0n) is 15.7. The van der Waals surface area contributed by atoms with Gasteiger partial charge in [0.2, 0.25) is 11.8 Å². The monoisotopic (exact) mass is 399 g/mol. The van der Waals surface area contributed by atoms with Crippen molar-refractivity contribution in [3.63, 3.8) is 0 Å². The Hall–Kier alpha value is -2.37. The molecule has 1 saturated carbocycles. The van der Waals surface area contributed by atoms with Crippen LogP contribution < -0.4 is 16.0 Å². The fourth-order valence-corrected chi connectivity index (χ4v) is 3.53. The number of fused-ring (bicyclic) bond motifs is 1. The van der Waals surface area contributed by atoms with Crippen LogP contribution in [0.25, 0.3) is 0 Å². The van der Waals surface area contributed by atoms with Crippen molar-refractivity contribution in [1.29, 1.82) is 0 Å². The summed E-state index contributed by atoms with van der Waals surface area (Å²) in [6.07, 6.45) is 3.35. The highest BCUT2D eigenvalue weighted by Crippen LogP contribution is 2.30. The smallest absolute Gasteiger partial charge is 0.227 e. The van der Waals surface area contributed by atoms with Gasteiger partial charge in [-0.25, -0.2) is 0 Å². The Labute approximate surface area is 171 Å². The van der Waals surface area contributed by atoms with Crippen LogP contribution in [0.2, 0.25) is 0 Å². The minimum atomic E-state index is 0. The van der Waals surface area contributed by atoms with Crippen molar-refractivity contribution in [2.24, 2.45) is 5.92 Å². The lowest BCUT2D eigenvalue weighted by Crippen LogP contribution is -2.39. The van der Waals surface area contributed by atoms with Gasteiger partial charge in [-0.15, -0.1) is 12.4 Å². The van der Waals surface area contributed by atoms with Gasteiger partial charge in [0.25, 0.3) is 0 Å². The van der Waals surface area contributed by atoms with E-state index in [-0.39, 0.29) is 36.2 Å². The second-order valence-corrected chi connectivity index (χ2v) is 7.40. The molecule has 0 radical (unpaired) electrons. The number of hydrogen-bond donors (Lipinski definition) is 3. The summed E-state index contributed by atoms with van der Waals surface area (Å²) in [5.41, 5.74) is 4.37. The van der Waals surface area contributed by atoms with Crippen molar-refractivity contribution >= 4 is 29.9 Å². The van der Waals surface area contributed by atoms with Crippen molar-refractivity contribution in [3.05, 3.63) is 65.2 Å². The van der Waals surface area contributed by atoms with Gasteiger partial charge in [0.05, 0.1) is 6.42 Å². The minimum Gasteiger partial charge on any atom is -0.354 e. The first kappa shape index (κ1) is 20.4. The molecule has 2 aromatic rings. The van der Waals surface area contributed by atoms with Gasteiger partial charge in [0.1, 0.15) is 0 Å². The molecule has 5 nitrogen and oxygen atoms in total. The molecule has 0 aromatic heterocycles. The van der Waals surface area contributed by atoms with Gasteiger partial charge >= 0.3 is 0 Å². The second kappa shape index (κ2) is 9.22. The lowest BCUT2D eigenvalue weighted by atomic mass is 9.94. The molecule has 1 fully saturated rings. The van der Waals surface area contributed by atoms with Crippen LogP contribution in [0.1, 0.15) is 35.6 Å². The summed E-state index contributed by atoms with van der Waals surface area (Å²) < 4.78 is 0. The van der Waals surface area contributed by atoms with E-state index >= 15 is 0 Å². The Morgan fingerprint density at radius 1 is 1.04 bits per heavy atom. The molecule has 0 spiro atoms. The van der Waals surface area contributed by atoms with E-state index in [1.165, 1.54) is 11.1 Å². The molecular weight excluding hydrogens is 374 g/mol. The third kappa shape index (κ3) is 5.12. The number of amides is 2. The third-order valence-corrected chi connectivity index (χ3v) is 5.25. The molecule has 2 amide bonds. The average Bonchev–Trinajstić information content (AvgIpc) is 3.53. The van der Waals surface area contributed by atoms with E-state index in [0.29, 0.717) is 13.0 Å². The van der Waals surface area contributed by atoms with Crippen LogP contribution in [0.5, 0.6) is 0 Å². The van der Waals surface area contributed by atoms with E-state index in [1.54, 1.807) is 0 Å². The molecule has 1 heterocycles. The van der Waals surface area contributed by atoms with Crippen molar-refractivity contribution in [1.82, 2.24) is 10.6 Å². The number of carbonyl (C=O) groups excluding carboxylic acids is 2. The first-order valence-corrected chi connectivity index (χ1v) is 9.67. The summed E-state index contributed by atoms with van der Waals surface area (Å²) in [4.78, 5) is 24.1. The molecule has 4 rings (SSSR count). The number of benzene rings is 2. The average molecular weight is 400 g/mol. The van der Waals surface area contributed by atoms with Gasteiger partial charge < -0.3 is 16.0 Å². The Balaban J connectivity index is 0.00000225. The molecule has 0 bridgehead atoms. The fraction of sp³-hybridized carbons (Fsp3) is 0.364. The summed E-state index contributed by atoms with van der Waals surface area (Å²) in [5.74, 6) is 0.296. The van der Waals surface area contributed by atoms with E-state index in [9.17, 15) is 9.59 Å². The van der Waals surface area contributed by atoms with Crippen molar-refractivity contribution < 1.29 is 9.59 Å².